The van der Waals surface area contributed by atoms with Gasteiger partial charge < -0.3 is 9.47 Å². The fourth-order valence-electron chi connectivity index (χ4n) is 4.96. The van der Waals surface area contributed by atoms with E-state index in [9.17, 15) is 9.59 Å². The van der Waals surface area contributed by atoms with E-state index < -0.39 is 5.69 Å². The van der Waals surface area contributed by atoms with E-state index in [1.54, 1.807) is 25.2 Å². The van der Waals surface area contributed by atoms with E-state index in [2.05, 4.69) is 29.2 Å². The van der Waals surface area contributed by atoms with Gasteiger partial charge in [0.1, 0.15) is 0 Å². The average molecular weight is 512 g/mol. The minimum Gasteiger partial charge on any atom is -0.342 e. The second kappa shape index (κ2) is 9.55. The first-order valence-electron chi connectivity index (χ1n) is 11.7. The molecular formula is C26H27Cl2N5O2. The molecule has 4 aromatic rings. The van der Waals surface area contributed by atoms with Crippen LogP contribution in [0.3, 0.4) is 0 Å². The Morgan fingerprint density at radius 2 is 1.63 bits per heavy atom. The Labute approximate surface area is 213 Å². The number of halogens is 2. The molecule has 1 aliphatic heterocycles. The van der Waals surface area contributed by atoms with Crippen LogP contribution in [0, 0.1) is 5.92 Å². The van der Waals surface area contributed by atoms with Gasteiger partial charge in [-0.2, -0.15) is 4.98 Å². The SMILES string of the molecule is Cn1c(N2CCC(Cc3ccccc3)CC2)nc2c1c(=O)n(Cc1ccc(Cl)c(Cl)c1)c(=O)n2C. The molecule has 0 amide bonds. The topological polar surface area (TPSA) is 65.1 Å². The van der Waals surface area contributed by atoms with Gasteiger partial charge in [-0.15, -0.1) is 0 Å². The molecule has 0 spiro atoms. The van der Waals surface area contributed by atoms with Crippen LogP contribution in [0.2, 0.25) is 10.0 Å². The fraction of sp³-hybridized carbons (Fsp3) is 0.346. The van der Waals surface area contributed by atoms with E-state index in [0.29, 0.717) is 27.1 Å². The van der Waals surface area contributed by atoms with E-state index in [1.807, 2.05) is 17.7 Å². The summed E-state index contributed by atoms with van der Waals surface area (Å²) in [7, 11) is 3.49. The van der Waals surface area contributed by atoms with Crippen LogP contribution in [0.5, 0.6) is 0 Å². The van der Waals surface area contributed by atoms with Crippen molar-refractivity contribution < 1.29 is 0 Å². The third-order valence-electron chi connectivity index (χ3n) is 6.93. The fourth-order valence-corrected chi connectivity index (χ4v) is 5.28. The minimum atomic E-state index is -0.417. The molecule has 1 fully saturated rings. The molecule has 0 saturated carbocycles. The van der Waals surface area contributed by atoms with Gasteiger partial charge >= 0.3 is 5.69 Å². The predicted octanol–water partition coefficient (Wildman–Crippen LogP) is 4.25. The van der Waals surface area contributed by atoms with Crippen molar-refractivity contribution in [3.05, 3.63) is 90.5 Å². The highest BCUT2D eigenvalue weighted by atomic mass is 35.5. The molecule has 0 unspecified atom stereocenters. The zero-order chi connectivity index (χ0) is 24.7. The number of aryl methyl sites for hydroxylation is 2. The molecule has 7 nitrogen and oxygen atoms in total. The van der Waals surface area contributed by atoms with Gasteiger partial charge in [0, 0.05) is 27.2 Å². The summed E-state index contributed by atoms with van der Waals surface area (Å²) in [6, 6.07) is 15.7. The summed E-state index contributed by atoms with van der Waals surface area (Å²) in [5.41, 5.74) is 2.11. The lowest BCUT2D eigenvalue weighted by atomic mass is 9.90. The van der Waals surface area contributed by atoms with Crippen molar-refractivity contribution in [3.63, 3.8) is 0 Å². The highest BCUT2D eigenvalue weighted by Crippen LogP contribution is 2.27. The highest BCUT2D eigenvalue weighted by Gasteiger charge is 2.25. The zero-order valence-electron chi connectivity index (χ0n) is 19.7. The van der Waals surface area contributed by atoms with Gasteiger partial charge in [-0.25, -0.2) is 4.79 Å². The van der Waals surface area contributed by atoms with Gasteiger partial charge in [-0.05, 0) is 48.4 Å². The summed E-state index contributed by atoms with van der Waals surface area (Å²) in [4.78, 5) is 33.5. The smallest absolute Gasteiger partial charge is 0.332 e. The molecule has 0 bridgehead atoms. The summed E-state index contributed by atoms with van der Waals surface area (Å²) < 4.78 is 4.49. The monoisotopic (exact) mass is 511 g/mol. The third kappa shape index (κ3) is 4.50. The Balaban J connectivity index is 1.43. The van der Waals surface area contributed by atoms with Gasteiger partial charge in [-0.3, -0.25) is 13.9 Å². The summed E-state index contributed by atoms with van der Waals surface area (Å²) in [5.74, 6) is 1.34. The lowest BCUT2D eigenvalue weighted by Crippen LogP contribution is -2.40. The standard InChI is InChI=1S/C26H27Cl2N5O2/c1-30-22-23(29-25(30)32-12-10-18(11-13-32)14-17-6-4-3-5-7-17)31(2)26(35)33(24(22)34)16-19-8-9-20(27)21(28)15-19/h3-9,15,18H,10-14,16H2,1-2H3. The van der Waals surface area contributed by atoms with E-state index in [0.717, 1.165) is 43.9 Å². The molecule has 1 saturated heterocycles. The number of piperidine rings is 1. The molecule has 35 heavy (non-hydrogen) atoms. The number of imidazole rings is 1. The summed E-state index contributed by atoms with van der Waals surface area (Å²) in [6.45, 7) is 1.82. The summed E-state index contributed by atoms with van der Waals surface area (Å²) in [6.07, 6.45) is 3.18. The number of aromatic nitrogens is 4. The van der Waals surface area contributed by atoms with Gasteiger partial charge in [-0.1, -0.05) is 59.6 Å². The Morgan fingerprint density at radius 3 is 2.31 bits per heavy atom. The molecule has 5 rings (SSSR count). The third-order valence-corrected chi connectivity index (χ3v) is 7.66. The summed E-state index contributed by atoms with van der Waals surface area (Å²) >= 11 is 12.1. The molecule has 9 heteroatoms. The number of nitrogens with zero attached hydrogens (tertiary/aromatic N) is 5. The average Bonchev–Trinajstić information content (AvgIpc) is 3.21. The van der Waals surface area contributed by atoms with E-state index in [-0.39, 0.29) is 12.1 Å². The number of benzene rings is 2. The Hall–Kier alpha value is -3.03. The molecule has 0 N–H and O–H groups in total. The van der Waals surface area contributed by atoms with Crippen LogP contribution < -0.4 is 16.1 Å². The first kappa shape index (κ1) is 23.7. The van der Waals surface area contributed by atoms with Crippen LogP contribution in [-0.4, -0.2) is 31.8 Å². The van der Waals surface area contributed by atoms with Crippen molar-refractivity contribution in [1.82, 2.24) is 18.7 Å². The molecule has 0 radical (unpaired) electrons. The Kier molecular flexibility index (Phi) is 6.47. The van der Waals surface area contributed by atoms with E-state index in [1.165, 1.54) is 14.7 Å². The minimum absolute atomic E-state index is 0.101. The number of hydrogen-bond acceptors (Lipinski definition) is 4. The number of fused-ring (bicyclic) bond motifs is 1. The molecule has 182 valence electrons. The van der Waals surface area contributed by atoms with Gasteiger partial charge in [0.05, 0.1) is 16.6 Å². The van der Waals surface area contributed by atoms with Crippen molar-refractivity contribution in [3.8, 4) is 0 Å². The van der Waals surface area contributed by atoms with Crippen LogP contribution in [0.15, 0.2) is 58.1 Å². The zero-order valence-corrected chi connectivity index (χ0v) is 21.3. The second-order valence-corrected chi connectivity index (χ2v) is 10.1. The van der Waals surface area contributed by atoms with E-state index >= 15 is 0 Å². The number of hydrogen-bond donors (Lipinski definition) is 0. The van der Waals surface area contributed by atoms with Crippen LogP contribution in [0.25, 0.3) is 11.2 Å². The molecule has 2 aromatic carbocycles. The lowest BCUT2D eigenvalue weighted by Gasteiger charge is -2.32. The normalized spacial score (nSPS) is 14.7. The quantitative estimate of drug-likeness (QED) is 0.401. The predicted molar refractivity (Wildman–Crippen MR) is 141 cm³/mol. The molecule has 2 aromatic heterocycles. The van der Waals surface area contributed by atoms with Gasteiger partial charge in [0.15, 0.2) is 11.2 Å². The lowest BCUT2D eigenvalue weighted by molar-refractivity contribution is 0.399. The molecular weight excluding hydrogens is 485 g/mol. The number of rotatable bonds is 5. The first-order chi connectivity index (χ1) is 16.8. The Bertz CT molecular complexity index is 1500. The first-order valence-corrected chi connectivity index (χ1v) is 12.5. The molecule has 3 heterocycles. The van der Waals surface area contributed by atoms with Crippen molar-refractivity contribution in [2.45, 2.75) is 25.8 Å². The van der Waals surface area contributed by atoms with Crippen LogP contribution in [-0.2, 0) is 27.1 Å². The maximum atomic E-state index is 13.4. The molecule has 1 aliphatic rings. The van der Waals surface area contributed by atoms with Crippen molar-refractivity contribution in [2.75, 3.05) is 18.0 Å². The largest absolute Gasteiger partial charge is 0.342 e. The summed E-state index contributed by atoms with van der Waals surface area (Å²) in [5, 5.41) is 0.809. The van der Waals surface area contributed by atoms with Gasteiger partial charge in [0.2, 0.25) is 5.95 Å². The highest BCUT2D eigenvalue weighted by molar-refractivity contribution is 6.42. The van der Waals surface area contributed by atoms with Gasteiger partial charge in [0.25, 0.3) is 5.56 Å². The van der Waals surface area contributed by atoms with Crippen LogP contribution in [0.4, 0.5) is 5.95 Å². The number of anilines is 1. The van der Waals surface area contributed by atoms with Crippen molar-refractivity contribution in [2.24, 2.45) is 20.0 Å². The van der Waals surface area contributed by atoms with E-state index in [4.69, 9.17) is 28.2 Å². The molecule has 0 atom stereocenters. The van der Waals surface area contributed by atoms with Crippen molar-refractivity contribution in [1.29, 1.82) is 0 Å². The maximum absolute atomic E-state index is 13.4. The molecule has 0 aliphatic carbocycles. The van der Waals surface area contributed by atoms with Crippen LogP contribution in [0.1, 0.15) is 24.0 Å². The maximum Gasteiger partial charge on any atom is 0.332 e. The Morgan fingerprint density at radius 1 is 0.914 bits per heavy atom. The second-order valence-electron chi connectivity index (χ2n) is 9.24. The van der Waals surface area contributed by atoms with Crippen molar-refractivity contribution >= 4 is 40.3 Å². The van der Waals surface area contributed by atoms with Crippen LogP contribution >= 0.6 is 23.2 Å².